The summed E-state index contributed by atoms with van der Waals surface area (Å²) in [6.07, 6.45) is 5.72. The smallest absolute Gasteiger partial charge is 0.330 e. The number of nitro benzene ring substituents is 1. The lowest BCUT2D eigenvalue weighted by atomic mass is 10.1. The average Bonchev–Trinajstić information content (AvgIpc) is 3.21. The molecule has 0 atom stereocenters. The molecular weight excluding hydrogens is 480 g/mol. The molecular formula is C27H22N2O6S. The molecule has 0 saturated carbocycles. The van der Waals surface area contributed by atoms with Gasteiger partial charge in [-0.2, -0.15) is 0 Å². The van der Waals surface area contributed by atoms with Crippen molar-refractivity contribution >= 4 is 50.8 Å². The Morgan fingerprint density at radius 1 is 0.944 bits per heavy atom. The third-order valence-corrected chi connectivity index (χ3v) is 7.16. The number of aromatic nitrogens is 1. The van der Waals surface area contributed by atoms with Crippen LogP contribution in [0.15, 0.2) is 89.8 Å². The zero-order valence-corrected chi connectivity index (χ0v) is 20.1. The van der Waals surface area contributed by atoms with Gasteiger partial charge in [0.25, 0.3) is 15.7 Å². The number of rotatable bonds is 8. The highest BCUT2D eigenvalue weighted by atomic mass is 32.2. The molecule has 9 heteroatoms. The summed E-state index contributed by atoms with van der Waals surface area (Å²) in [5.74, 6) is -0.625. The van der Waals surface area contributed by atoms with Crippen LogP contribution in [-0.2, 0) is 19.6 Å². The van der Waals surface area contributed by atoms with Crippen LogP contribution in [0.2, 0.25) is 0 Å². The van der Waals surface area contributed by atoms with Gasteiger partial charge in [0.1, 0.15) is 0 Å². The number of para-hydroxylation sites is 2. The highest BCUT2D eigenvalue weighted by Crippen LogP contribution is 2.33. The predicted octanol–water partition coefficient (Wildman–Crippen LogP) is 5.53. The van der Waals surface area contributed by atoms with Crippen molar-refractivity contribution in [3.63, 3.8) is 0 Å². The first-order valence-corrected chi connectivity index (χ1v) is 12.5. The maximum absolute atomic E-state index is 13.8. The van der Waals surface area contributed by atoms with E-state index in [1.54, 1.807) is 79.7 Å². The van der Waals surface area contributed by atoms with E-state index < -0.39 is 20.9 Å². The van der Waals surface area contributed by atoms with Gasteiger partial charge < -0.3 is 4.74 Å². The van der Waals surface area contributed by atoms with Crippen molar-refractivity contribution < 1.29 is 22.9 Å². The third kappa shape index (κ3) is 4.82. The highest BCUT2D eigenvalue weighted by molar-refractivity contribution is 7.90. The average molecular weight is 503 g/mol. The first-order valence-electron chi connectivity index (χ1n) is 11.0. The Kier molecular flexibility index (Phi) is 7.12. The van der Waals surface area contributed by atoms with Crippen molar-refractivity contribution in [3.05, 3.63) is 112 Å². The zero-order valence-electron chi connectivity index (χ0n) is 19.3. The number of hydrogen-bond donors (Lipinski definition) is 0. The Hall–Kier alpha value is -4.50. The third-order valence-electron chi connectivity index (χ3n) is 5.42. The molecule has 3 aromatic carbocycles. The second kappa shape index (κ2) is 10.4. The zero-order chi connectivity index (χ0) is 25.7. The molecule has 8 nitrogen and oxygen atoms in total. The summed E-state index contributed by atoms with van der Waals surface area (Å²) < 4.78 is 33.7. The van der Waals surface area contributed by atoms with Gasteiger partial charge in [-0.1, -0.05) is 54.6 Å². The number of nitrogens with zero attached hydrogens (tertiary/aromatic N) is 2. The summed E-state index contributed by atoms with van der Waals surface area (Å²) in [7, 11) is -4.07. The lowest BCUT2D eigenvalue weighted by Gasteiger charge is -2.10. The van der Waals surface area contributed by atoms with Crippen molar-refractivity contribution in [3.8, 4) is 0 Å². The Morgan fingerprint density at radius 2 is 1.61 bits per heavy atom. The molecule has 0 aliphatic carbocycles. The molecule has 0 radical (unpaired) electrons. The Labute approximate surface area is 208 Å². The fourth-order valence-corrected chi connectivity index (χ4v) is 5.40. The number of benzene rings is 3. The van der Waals surface area contributed by atoms with Crippen molar-refractivity contribution in [2.24, 2.45) is 0 Å². The summed E-state index contributed by atoms with van der Waals surface area (Å²) in [6.45, 7) is 1.84. The molecule has 0 saturated heterocycles. The van der Waals surface area contributed by atoms with Crippen LogP contribution >= 0.6 is 0 Å². The summed E-state index contributed by atoms with van der Waals surface area (Å²) in [6, 6.07) is 21.1. The molecule has 0 aliphatic rings. The maximum atomic E-state index is 13.8. The second-order valence-electron chi connectivity index (χ2n) is 7.63. The SMILES string of the molecule is CCOC(=O)/C=C/c1c(/C=C/c2ccccc2[N+](=O)[O-])c2ccccc2n1S(=O)(=O)c1ccccc1. The van der Waals surface area contributed by atoms with Gasteiger partial charge in [-0.3, -0.25) is 10.1 Å². The molecule has 4 rings (SSSR count). The van der Waals surface area contributed by atoms with E-state index in [-0.39, 0.29) is 22.9 Å². The fraction of sp³-hybridized carbons (Fsp3) is 0.0741. The number of hydrogen-bond acceptors (Lipinski definition) is 6. The van der Waals surface area contributed by atoms with E-state index in [2.05, 4.69) is 0 Å². The lowest BCUT2D eigenvalue weighted by molar-refractivity contribution is -0.385. The van der Waals surface area contributed by atoms with Gasteiger partial charge in [0.2, 0.25) is 0 Å². The molecule has 0 spiro atoms. The molecule has 0 unspecified atom stereocenters. The van der Waals surface area contributed by atoms with Gasteiger partial charge in [0.15, 0.2) is 0 Å². The van der Waals surface area contributed by atoms with E-state index in [0.717, 1.165) is 6.08 Å². The van der Waals surface area contributed by atoms with Gasteiger partial charge >= 0.3 is 5.97 Å². The number of fused-ring (bicyclic) bond motifs is 1. The normalized spacial score (nSPS) is 11.9. The van der Waals surface area contributed by atoms with Crippen LogP contribution in [0.5, 0.6) is 0 Å². The van der Waals surface area contributed by atoms with Crippen LogP contribution in [0, 0.1) is 10.1 Å². The van der Waals surface area contributed by atoms with Gasteiger partial charge in [-0.25, -0.2) is 17.2 Å². The van der Waals surface area contributed by atoms with Crippen LogP contribution in [0.3, 0.4) is 0 Å². The lowest BCUT2D eigenvalue weighted by Crippen LogP contribution is -2.14. The Balaban J connectivity index is 2.00. The van der Waals surface area contributed by atoms with Crippen molar-refractivity contribution in [2.75, 3.05) is 6.61 Å². The number of carbonyl (C=O) groups excluding carboxylic acids is 1. The van der Waals surface area contributed by atoms with Crippen LogP contribution in [-0.4, -0.2) is 29.9 Å². The summed E-state index contributed by atoms with van der Waals surface area (Å²) in [5.41, 5.74) is 1.35. The van der Waals surface area contributed by atoms with Crippen molar-refractivity contribution in [2.45, 2.75) is 11.8 Å². The van der Waals surface area contributed by atoms with Crippen LogP contribution in [0.25, 0.3) is 29.1 Å². The maximum Gasteiger partial charge on any atom is 0.330 e. The fourth-order valence-electron chi connectivity index (χ4n) is 3.85. The predicted molar refractivity (Wildman–Crippen MR) is 139 cm³/mol. The Morgan fingerprint density at radius 3 is 2.33 bits per heavy atom. The van der Waals surface area contributed by atoms with E-state index >= 15 is 0 Å². The Bertz CT molecular complexity index is 1600. The first kappa shape index (κ1) is 24.6. The van der Waals surface area contributed by atoms with Gasteiger partial charge in [0.05, 0.1) is 33.2 Å². The van der Waals surface area contributed by atoms with E-state index in [4.69, 9.17) is 4.74 Å². The standard InChI is InChI=1S/C27H22N2O6S/c1-2-35-27(30)19-18-26-23(17-16-20-10-6-8-14-24(20)29(31)32)22-13-7-9-15-25(22)28(26)36(33,34)21-11-4-3-5-12-21/h3-19H,2H2,1H3/b17-16+,19-18+. The van der Waals surface area contributed by atoms with E-state index in [1.807, 2.05) is 0 Å². The quantitative estimate of drug-likeness (QED) is 0.136. The van der Waals surface area contributed by atoms with Crippen LogP contribution in [0.4, 0.5) is 5.69 Å². The molecule has 1 aromatic heterocycles. The topological polar surface area (TPSA) is 109 Å². The number of carbonyl (C=O) groups is 1. The molecule has 0 aliphatic heterocycles. The highest BCUT2D eigenvalue weighted by Gasteiger charge is 2.25. The van der Waals surface area contributed by atoms with Crippen LogP contribution in [0.1, 0.15) is 23.7 Å². The van der Waals surface area contributed by atoms with Gasteiger partial charge in [0, 0.05) is 23.1 Å². The molecule has 1 heterocycles. The van der Waals surface area contributed by atoms with Gasteiger partial charge in [-0.15, -0.1) is 0 Å². The molecule has 36 heavy (non-hydrogen) atoms. The van der Waals surface area contributed by atoms with Crippen molar-refractivity contribution in [1.82, 2.24) is 3.97 Å². The molecule has 0 amide bonds. The molecule has 0 fully saturated rings. The van der Waals surface area contributed by atoms with E-state index in [0.29, 0.717) is 22.0 Å². The summed E-state index contributed by atoms with van der Waals surface area (Å²) >= 11 is 0. The summed E-state index contributed by atoms with van der Waals surface area (Å²) in [4.78, 5) is 23.2. The van der Waals surface area contributed by atoms with E-state index in [9.17, 15) is 23.3 Å². The number of nitro groups is 1. The number of ether oxygens (including phenoxy) is 1. The second-order valence-corrected chi connectivity index (χ2v) is 9.42. The molecule has 0 bridgehead atoms. The van der Waals surface area contributed by atoms with Gasteiger partial charge in [-0.05, 0) is 43.3 Å². The van der Waals surface area contributed by atoms with E-state index in [1.165, 1.54) is 28.2 Å². The molecule has 4 aromatic rings. The monoisotopic (exact) mass is 502 g/mol. The van der Waals surface area contributed by atoms with Crippen LogP contribution < -0.4 is 0 Å². The largest absolute Gasteiger partial charge is 0.463 e. The minimum absolute atomic E-state index is 0.0748. The van der Waals surface area contributed by atoms with Crippen molar-refractivity contribution in [1.29, 1.82) is 0 Å². The summed E-state index contributed by atoms with van der Waals surface area (Å²) in [5, 5.41) is 12.1. The first-order chi connectivity index (χ1) is 17.3. The molecule has 0 N–H and O–H groups in total. The minimum Gasteiger partial charge on any atom is -0.463 e. The molecule has 182 valence electrons. The minimum atomic E-state index is -4.07. The number of esters is 1.